The second-order valence-corrected chi connectivity index (χ2v) is 8.47. The van der Waals surface area contributed by atoms with E-state index in [2.05, 4.69) is 27.6 Å². The zero-order chi connectivity index (χ0) is 21.1. The molecule has 1 aromatic heterocycles. The number of fused-ring (bicyclic) bond motifs is 1. The normalized spacial score (nSPS) is 19.5. The van der Waals surface area contributed by atoms with E-state index in [0.29, 0.717) is 37.1 Å². The second kappa shape index (κ2) is 9.00. The average molecular weight is 413 g/mol. The summed E-state index contributed by atoms with van der Waals surface area (Å²) in [6, 6.07) is 8.45. The van der Waals surface area contributed by atoms with Gasteiger partial charge in [-0.15, -0.1) is 0 Å². The molecule has 2 aromatic rings. The molecule has 1 amide bonds. The minimum absolute atomic E-state index is 0.169. The van der Waals surface area contributed by atoms with Gasteiger partial charge in [0.05, 0.1) is 11.7 Å². The number of benzene rings is 1. The summed E-state index contributed by atoms with van der Waals surface area (Å²) in [5.74, 6) is 0.487. The molecule has 0 radical (unpaired) electrons. The van der Waals surface area contributed by atoms with Gasteiger partial charge in [0.15, 0.2) is 0 Å². The zero-order valence-corrected chi connectivity index (χ0v) is 17.6. The first kappa shape index (κ1) is 20.6. The number of anilines is 1. The Balaban J connectivity index is 1.54. The number of ether oxygens (including phenoxy) is 1. The fraction of sp³-hybridized carbons (Fsp3) is 0.478. The van der Waals surface area contributed by atoms with Gasteiger partial charge >= 0.3 is 0 Å². The number of hydrogen-bond acceptors (Lipinski definition) is 5. The van der Waals surface area contributed by atoms with E-state index in [-0.39, 0.29) is 17.8 Å². The maximum atomic E-state index is 13.3. The maximum absolute atomic E-state index is 13.3. The van der Waals surface area contributed by atoms with E-state index in [4.69, 9.17) is 4.74 Å². The summed E-state index contributed by atoms with van der Waals surface area (Å²) in [5, 5.41) is 6.44. The molecule has 6 nitrogen and oxygen atoms in total. The fourth-order valence-electron chi connectivity index (χ4n) is 4.00. The maximum Gasteiger partial charge on any atom is 0.270 e. The van der Waals surface area contributed by atoms with Gasteiger partial charge in [0.1, 0.15) is 18.1 Å². The van der Waals surface area contributed by atoms with E-state index in [1.807, 2.05) is 13.0 Å². The average Bonchev–Trinajstić information content (AvgIpc) is 2.74. The second-order valence-electron chi connectivity index (χ2n) is 8.47. The number of pyridine rings is 1. The minimum atomic E-state index is -0.276. The van der Waals surface area contributed by atoms with Gasteiger partial charge in [-0.3, -0.25) is 4.79 Å². The van der Waals surface area contributed by atoms with E-state index in [0.717, 1.165) is 42.7 Å². The van der Waals surface area contributed by atoms with Gasteiger partial charge in [0, 0.05) is 6.54 Å². The lowest BCUT2D eigenvalue weighted by molar-refractivity contribution is 0.0932. The van der Waals surface area contributed by atoms with Crippen LogP contribution in [0.25, 0.3) is 0 Å². The van der Waals surface area contributed by atoms with Crippen molar-refractivity contribution >= 4 is 11.6 Å². The lowest BCUT2D eigenvalue weighted by Gasteiger charge is -2.29. The fourth-order valence-corrected chi connectivity index (χ4v) is 4.00. The monoisotopic (exact) mass is 412 g/mol. The van der Waals surface area contributed by atoms with Gasteiger partial charge < -0.3 is 20.3 Å². The molecule has 160 valence electrons. The molecule has 0 spiro atoms. The third kappa shape index (κ3) is 4.90. The van der Waals surface area contributed by atoms with Crippen LogP contribution in [0.5, 0.6) is 5.88 Å². The Morgan fingerprint density at radius 3 is 2.77 bits per heavy atom. The number of aromatic nitrogens is 1. The van der Waals surface area contributed by atoms with Crippen LogP contribution in [-0.2, 0) is 6.42 Å². The summed E-state index contributed by atoms with van der Waals surface area (Å²) < 4.78 is 19.0. The molecule has 1 atom stereocenters. The molecule has 1 unspecified atom stereocenters. The quantitative estimate of drug-likeness (QED) is 0.790. The summed E-state index contributed by atoms with van der Waals surface area (Å²) in [4.78, 5) is 19.9. The molecular weight excluding hydrogens is 383 g/mol. The third-order valence-corrected chi connectivity index (χ3v) is 5.85. The van der Waals surface area contributed by atoms with Gasteiger partial charge in [0.25, 0.3) is 5.91 Å². The Bertz CT molecular complexity index is 895. The lowest BCUT2D eigenvalue weighted by Crippen LogP contribution is -2.37. The van der Waals surface area contributed by atoms with Crippen LogP contribution in [0, 0.1) is 11.7 Å². The first-order valence-electron chi connectivity index (χ1n) is 10.6. The van der Waals surface area contributed by atoms with Crippen LogP contribution in [0.1, 0.15) is 41.4 Å². The van der Waals surface area contributed by atoms with Crippen molar-refractivity contribution in [3.05, 3.63) is 53.0 Å². The first-order chi connectivity index (χ1) is 14.5. The van der Waals surface area contributed by atoms with Crippen molar-refractivity contribution < 1.29 is 13.9 Å². The molecule has 0 aliphatic carbocycles. The van der Waals surface area contributed by atoms with Gasteiger partial charge in [0.2, 0.25) is 5.88 Å². The van der Waals surface area contributed by atoms with Crippen molar-refractivity contribution in [1.29, 1.82) is 0 Å². The summed E-state index contributed by atoms with van der Waals surface area (Å²) in [6.45, 7) is 5.31. The van der Waals surface area contributed by atoms with E-state index in [1.54, 1.807) is 12.1 Å². The van der Waals surface area contributed by atoms with Crippen LogP contribution in [0.4, 0.5) is 10.1 Å². The number of halogens is 1. The Kier molecular flexibility index (Phi) is 6.18. The molecule has 1 fully saturated rings. The lowest BCUT2D eigenvalue weighted by atomic mass is 9.97. The highest BCUT2D eigenvalue weighted by Crippen LogP contribution is 2.30. The van der Waals surface area contributed by atoms with Crippen LogP contribution >= 0.6 is 0 Å². The van der Waals surface area contributed by atoms with Gasteiger partial charge in [-0.2, -0.15) is 0 Å². The van der Waals surface area contributed by atoms with Gasteiger partial charge in [-0.1, -0.05) is 12.1 Å². The number of hydrogen-bond donors (Lipinski definition) is 2. The molecule has 1 aromatic carbocycles. The van der Waals surface area contributed by atoms with Gasteiger partial charge in [-0.25, -0.2) is 9.37 Å². The van der Waals surface area contributed by atoms with Crippen LogP contribution in [0.3, 0.4) is 0 Å². The van der Waals surface area contributed by atoms with E-state index in [9.17, 15) is 9.18 Å². The molecule has 2 aliphatic heterocycles. The molecule has 1 saturated heterocycles. The molecule has 0 saturated carbocycles. The Morgan fingerprint density at radius 2 is 2.03 bits per heavy atom. The highest BCUT2D eigenvalue weighted by Gasteiger charge is 2.24. The first-order valence-corrected chi connectivity index (χ1v) is 10.6. The smallest absolute Gasteiger partial charge is 0.270 e. The summed E-state index contributed by atoms with van der Waals surface area (Å²) in [7, 11) is 2.13. The third-order valence-electron chi connectivity index (χ3n) is 5.85. The Morgan fingerprint density at radius 1 is 1.30 bits per heavy atom. The molecule has 2 aliphatic rings. The molecular formula is C23H29FN4O2. The number of nitrogens with zero attached hydrogens (tertiary/aromatic N) is 2. The topological polar surface area (TPSA) is 66.5 Å². The Labute approximate surface area is 176 Å². The minimum Gasteiger partial charge on any atom is -0.474 e. The predicted octanol–water partition coefficient (Wildman–Crippen LogP) is 3.08. The molecule has 4 rings (SSSR count). The molecule has 30 heavy (non-hydrogen) atoms. The van der Waals surface area contributed by atoms with E-state index >= 15 is 0 Å². The van der Waals surface area contributed by atoms with Crippen LogP contribution < -0.4 is 15.4 Å². The summed E-state index contributed by atoms with van der Waals surface area (Å²) >= 11 is 0. The predicted molar refractivity (Wildman–Crippen MR) is 115 cm³/mol. The standard InChI is InChI=1S/C23H29FN4O2/c1-15-14-30-23-20(26-15)12-18(11-16-3-5-19(24)6-4-16)21(27-23)22(29)25-13-17-7-9-28(2)10-8-17/h3-6,12,15,17,26H,7-11,13-14H2,1-2H3,(H,25,29). The summed E-state index contributed by atoms with van der Waals surface area (Å²) in [5.41, 5.74) is 2.89. The number of rotatable bonds is 5. The van der Waals surface area contributed by atoms with Gasteiger partial charge in [-0.05, 0) is 81.6 Å². The highest BCUT2D eigenvalue weighted by atomic mass is 19.1. The largest absolute Gasteiger partial charge is 0.474 e. The van der Waals surface area contributed by atoms with Crippen molar-refractivity contribution in [2.75, 3.05) is 38.6 Å². The number of nitrogens with one attached hydrogen (secondary N) is 2. The van der Waals surface area contributed by atoms with Crippen LogP contribution in [0.15, 0.2) is 30.3 Å². The number of carbonyl (C=O) groups is 1. The number of carbonyl (C=O) groups excluding carboxylic acids is 1. The molecule has 3 heterocycles. The highest BCUT2D eigenvalue weighted by molar-refractivity contribution is 5.94. The van der Waals surface area contributed by atoms with E-state index < -0.39 is 0 Å². The van der Waals surface area contributed by atoms with E-state index in [1.165, 1.54) is 12.1 Å². The van der Waals surface area contributed by atoms with Crippen molar-refractivity contribution in [1.82, 2.24) is 15.2 Å². The SMILES string of the molecule is CC1COc2nc(C(=O)NCC3CCN(C)CC3)c(Cc3ccc(F)cc3)cc2N1. The number of amides is 1. The Hall–Kier alpha value is -2.67. The van der Waals surface area contributed by atoms with Crippen molar-refractivity contribution in [2.45, 2.75) is 32.2 Å². The summed E-state index contributed by atoms with van der Waals surface area (Å²) in [6.07, 6.45) is 2.66. The number of piperidine rings is 1. The van der Waals surface area contributed by atoms with Crippen LogP contribution in [0.2, 0.25) is 0 Å². The number of likely N-dealkylation sites (tertiary alicyclic amines) is 1. The van der Waals surface area contributed by atoms with Crippen molar-refractivity contribution in [3.8, 4) is 5.88 Å². The van der Waals surface area contributed by atoms with Crippen molar-refractivity contribution in [3.63, 3.8) is 0 Å². The molecule has 0 bridgehead atoms. The molecule has 7 heteroatoms. The zero-order valence-electron chi connectivity index (χ0n) is 17.6. The molecule has 2 N–H and O–H groups in total. The van der Waals surface area contributed by atoms with Crippen molar-refractivity contribution in [2.24, 2.45) is 5.92 Å². The van der Waals surface area contributed by atoms with Crippen LogP contribution in [-0.4, -0.2) is 55.1 Å².